The minimum atomic E-state index is -0.895. The molecule has 0 aliphatic carbocycles. The largest absolute Gasteiger partial charge is 0.349 e. The number of anilines is 1. The lowest BCUT2D eigenvalue weighted by molar-refractivity contribution is -0.385. The highest BCUT2D eigenvalue weighted by molar-refractivity contribution is 7.98. The van der Waals surface area contributed by atoms with Crippen LogP contribution >= 0.6 is 11.8 Å². The number of nitrogen functional groups attached to an aromatic ring is 1. The van der Waals surface area contributed by atoms with Crippen molar-refractivity contribution in [2.45, 2.75) is 13.0 Å². The number of halogens is 1. The third-order valence-corrected chi connectivity index (χ3v) is 3.31. The molecule has 0 bridgehead atoms. The number of carbonyl (C=O) groups is 1. The monoisotopic (exact) mass is 302 g/mol. The zero-order valence-corrected chi connectivity index (χ0v) is 11.8. The van der Waals surface area contributed by atoms with Crippen LogP contribution in [0.1, 0.15) is 17.3 Å². The van der Waals surface area contributed by atoms with Crippen molar-refractivity contribution in [3.8, 4) is 0 Å². The van der Waals surface area contributed by atoms with Gasteiger partial charge < -0.3 is 10.7 Å². The van der Waals surface area contributed by atoms with E-state index in [9.17, 15) is 19.3 Å². The number of nitrogens with one attached hydrogen (secondary N) is 2. The summed E-state index contributed by atoms with van der Waals surface area (Å²) in [4.78, 5) is 22.1. The summed E-state index contributed by atoms with van der Waals surface area (Å²) < 4.78 is 13.5. The second-order valence-electron chi connectivity index (χ2n) is 4.08. The van der Waals surface area contributed by atoms with Crippen molar-refractivity contribution < 1.29 is 14.1 Å². The van der Waals surface area contributed by atoms with E-state index in [1.807, 2.05) is 6.26 Å². The Morgan fingerprint density at radius 1 is 1.60 bits per heavy atom. The van der Waals surface area contributed by atoms with Crippen molar-refractivity contribution in [1.82, 2.24) is 5.32 Å². The molecule has 1 unspecified atom stereocenters. The van der Waals surface area contributed by atoms with Crippen LogP contribution in [0.5, 0.6) is 0 Å². The first-order valence-electron chi connectivity index (χ1n) is 5.65. The number of carbonyl (C=O) groups excluding carboxylic acids is 1. The van der Waals surface area contributed by atoms with E-state index >= 15 is 0 Å². The van der Waals surface area contributed by atoms with Gasteiger partial charge in [0.25, 0.3) is 11.6 Å². The predicted molar refractivity (Wildman–Crippen MR) is 76.2 cm³/mol. The summed E-state index contributed by atoms with van der Waals surface area (Å²) >= 11 is 1.53. The van der Waals surface area contributed by atoms with E-state index in [1.54, 1.807) is 6.92 Å². The number of nitrogens with two attached hydrogens (primary N) is 1. The molecule has 0 aliphatic heterocycles. The Kier molecular flexibility index (Phi) is 5.71. The highest BCUT2D eigenvalue weighted by atomic mass is 32.2. The maximum Gasteiger partial charge on any atom is 0.285 e. The van der Waals surface area contributed by atoms with Crippen molar-refractivity contribution >= 4 is 29.0 Å². The van der Waals surface area contributed by atoms with Crippen molar-refractivity contribution in [1.29, 1.82) is 0 Å². The minimum absolute atomic E-state index is 0.170. The first-order chi connectivity index (χ1) is 9.40. The number of benzene rings is 1. The van der Waals surface area contributed by atoms with Crippen LogP contribution in [-0.2, 0) is 0 Å². The average Bonchev–Trinajstić information content (AvgIpc) is 2.38. The van der Waals surface area contributed by atoms with E-state index in [0.29, 0.717) is 11.8 Å². The zero-order valence-electron chi connectivity index (χ0n) is 11.0. The van der Waals surface area contributed by atoms with Gasteiger partial charge in [-0.2, -0.15) is 11.8 Å². The fourth-order valence-corrected chi connectivity index (χ4v) is 2.18. The van der Waals surface area contributed by atoms with Gasteiger partial charge in [0.1, 0.15) is 5.56 Å². The third kappa shape index (κ3) is 3.81. The Balaban J connectivity index is 3.14. The van der Waals surface area contributed by atoms with Crippen molar-refractivity contribution in [3.63, 3.8) is 0 Å². The molecule has 9 heteroatoms. The Labute approximate surface area is 119 Å². The SMILES string of the molecule is CSCC(C)NC(=O)c1cc(NN)c(F)cc1[N+](=O)[O-]. The number of nitro groups is 1. The third-order valence-electron chi connectivity index (χ3n) is 2.48. The van der Waals surface area contributed by atoms with Gasteiger partial charge in [0.05, 0.1) is 16.7 Å². The Morgan fingerprint density at radius 3 is 2.75 bits per heavy atom. The number of hydrazine groups is 1. The van der Waals surface area contributed by atoms with E-state index in [2.05, 4.69) is 10.7 Å². The molecule has 1 aromatic carbocycles. The summed E-state index contributed by atoms with van der Waals surface area (Å²) in [7, 11) is 0. The first kappa shape index (κ1) is 16.2. The first-order valence-corrected chi connectivity index (χ1v) is 7.04. The molecule has 0 spiro atoms. The lowest BCUT2D eigenvalue weighted by Gasteiger charge is -2.13. The molecule has 1 aromatic rings. The number of amides is 1. The zero-order chi connectivity index (χ0) is 15.3. The minimum Gasteiger partial charge on any atom is -0.349 e. The molecular weight excluding hydrogens is 287 g/mol. The summed E-state index contributed by atoms with van der Waals surface area (Å²) in [6, 6.07) is 1.52. The standard InChI is InChI=1S/C11H15FN4O3S/c1-6(5-20-2)14-11(17)7-3-9(15-13)8(12)4-10(7)16(18)19/h3-4,6,15H,5,13H2,1-2H3,(H,14,17). The molecule has 0 radical (unpaired) electrons. The van der Waals surface area contributed by atoms with Crippen LogP contribution in [0.15, 0.2) is 12.1 Å². The van der Waals surface area contributed by atoms with Gasteiger partial charge in [-0.3, -0.25) is 20.8 Å². The maximum absolute atomic E-state index is 13.5. The van der Waals surface area contributed by atoms with Crippen LogP contribution in [0, 0.1) is 15.9 Å². The molecule has 0 saturated heterocycles. The van der Waals surface area contributed by atoms with Crippen molar-refractivity contribution in [2.24, 2.45) is 5.84 Å². The number of hydrogen-bond acceptors (Lipinski definition) is 6. The molecule has 1 atom stereocenters. The number of nitro benzene ring substituents is 1. The number of thioether (sulfide) groups is 1. The molecule has 7 nitrogen and oxygen atoms in total. The number of hydrogen-bond donors (Lipinski definition) is 3. The maximum atomic E-state index is 13.5. The molecule has 4 N–H and O–H groups in total. The molecule has 1 rings (SSSR count). The quantitative estimate of drug-likeness (QED) is 0.417. The van der Waals surface area contributed by atoms with Gasteiger partial charge in [-0.1, -0.05) is 0 Å². The van der Waals surface area contributed by atoms with Gasteiger partial charge >= 0.3 is 0 Å². The molecule has 0 aliphatic rings. The number of nitrogens with zero attached hydrogens (tertiary/aromatic N) is 1. The van der Waals surface area contributed by atoms with Gasteiger partial charge in [-0.25, -0.2) is 4.39 Å². The Bertz CT molecular complexity index is 527. The average molecular weight is 302 g/mol. The summed E-state index contributed by atoms with van der Waals surface area (Å²) in [5.41, 5.74) is 1.03. The Morgan fingerprint density at radius 2 is 2.25 bits per heavy atom. The molecule has 110 valence electrons. The van der Waals surface area contributed by atoms with Crippen LogP contribution in [0.25, 0.3) is 0 Å². The summed E-state index contributed by atoms with van der Waals surface area (Å²) in [5.74, 6) is 4.22. The highest BCUT2D eigenvalue weighted by Gasteiger charge is 2.24. The molecule has 0 fully saturated rings. The van der Waals surface area contributed by atoms with Gasteiger partial charge in [0.2, 0.25) is 0 Å². The van der Waals surface area contributed by atoms with Gasteiger partial charge in [0, 0.05) is 11.8 Å². The lowest BCUT2D eigenvalue weighted by atomic mass is 10.1. The van der Waals surface area contributed by atoms with Crippen LogP contribution in [0.3, 0.4) is 0 Å². The lowest BCUT2D eigenvalue weighted by Crippen LogP contribution is -2.34. The van der Waals surface area contributed by atoms with Gasteiger partial charge in [-0.15, -0.1) is 0 Å². The number of rotatable bonds is 6. The second-order valence-corrected chi connectivity index (χ2v) is 4.99. The smallest absolute Gasteiger partial charge is 0.285 e. The van der Waals surface area contributed by atoms with E-state index in [-0.39, 0.29) is 17.3 Å². The Hall–Kier alpha value is -1.87. The van der Waals surface area contributed by atoms with Gasteiger partial charge in [-0.05, 0) is 19.2 Å². The summed E-state index contributed by atoms with van der Waals surface area (Å²) in [6.07, 6.45) is 1.87. The molecule has 0 aromatic heterocycles. The van der Waals surface area contributed by atoms with Crippen LogP contribution in [-0.4, -0.2) is 28.9 Å². The molecule has 1 amide bonds. The van der Waals surface area contributed by atoms with Crippen LogP contribution in [0.4, 0.5) is 15.8 Å². The molecule has 0 heterocycles. The van der Waals surface area contributed by atoms with E-state index in [4.69, 9.17) is 5.84 Å². The van der Waals surface area contributed by atoms with Crippen LogP contribution < -0.4 is 16.6 Å². The van der Waals surface area contributed by atoms with E-state index in [0.717, 1.165) is 6.07 Å². The van der Waals surface area contributed by atoms with Crippen molar-refractivity contribution in [2.75, 3.05) is 17.4 Å². The van der Waals surface area contributed by atoms with Crippen molar-refractivity contribution in [3.05, 3.63) is 33.6 Å². The summed E-state index contributed by atoms with van der Waals surface area (Å²) in [5, 5.41) is 13.5. The molecule has 0 saturated carbocycles. The summed E-state index contributed by atoms with van der Waals surface area (Å²) in [6.45, 7) is 1.77. The fraction of sp³-hybridized carbons (Fsp3) is 0.364. The normalized spacial score (nSPS) is 11.8. The molecular formula is C11H15FN4O3S. The highest BCUT2D eigenvalue weighted by Crippen LogP contribution is 2.25. The predicted octanol–water partition coefficient (Wildman–Crippen LogP) is 1.50. The fourth-order valence-electron chi connectivity index (χ4n) is 1.60. The van der Waals surface area contributed by atoms with E-state index < -0.39 is 22.3 Å². The second kappa shape index (κ2) is 7.06. The topological polar surface area (TPSA) is 110 Å². The van der Waals surface area contributed by atoms with E-state index in [1.165, 1.54) is 11.8 Å². The van der Waals surface area contributed by atoms with Crippen LogP contribution in [0.2, 0.25) is 0 Å². The molecule has 20 heavy (non-hydrogen) atoms. The van der Waals surface area contributed by atoms with Gasteiger partial charge in [0.15, 0.2) is 5.82 Å².